The van der Waals surface area contributed by atoms with Crippen molar-refractivity contribution in [1.29, 1.82) is 0 Å². The zero-order valence-electron chi connectivity index (χ0n) is 12.8. The van der Waals surface area contributed by atoms with Crippen LogP contribution in [0.4, 0.5) is 10.8 Å². The number of ether oxygens (including phenoxy) is 1. The van der Waals surface area contributed by atoms with Crippen LogP contribution in [0.5, 0.6) is 5.75 Å². The van der Waals surface area contributed by atoms with Crippen molar-refractivity contribution in [2.24, 2.45) is 0 Å². The number of hydrogen-bond acceptors (Lipinski definition) is 6. The topological polar surface area (TPSA) is 84.4 Å². The molecule has 1 aliphatic heterocycles. The van der Waals surface area contributed by atoms with Crippen molar-refractivity contribution in [1.82, 2.24) is 10.2 Å². The predicted octanol–water partition coefficient (Wildman–Crippen LogP) is 1.85. The van der Waals surface area contributed by atoms with Gasteiger partial charge in [-0.05, 0) is 25.5 Å². The second-order valence-corrected chi connectivity index (χ2v) is 6.12. The Balaban J connectivity index is 1.75. The van der Waals surface area contributed by atoms with Crippen molar-refractivity contribution >= 4 is 34.0 Å². The van der Waals surface area contributed by atoms with E-state index in [1.807, 2.05) is 13.0 Å². The van der Waals surface area contributed by atoms with E-state index in [2.05, 4.69) is 15.5 Å². The Kier molecular flexibility index (Phi) is 4.24. The van der Waals surface area contributed by atoms with E-state index in [0.29, 0.717) is 16.6 Å². The van der Waals surface area contributed by atoms with Crippen LogP contribution in [-0.2, 0) is 16.0 Å². The van der Waals surface area contributed by atoms with Crippen molar-refractivity contribution in [3.05, 3.63) is 29.3 Å². The Morgan fingerprint density at radius 1 is 1.39 bits per heavy atom. The largest absolute Gasteiger partial charge is 0.479 e. The van der Waals surface area contributed by atoms with Crippen LogP contribution >= 0.6 is 11.3 Å². The number of carbonyl (C=O) groups is 2. The number of aromatic nitrogens is 2. The molecule has 2 amide bonds. The number of para-hydroxylation sites is 2. The second kappa shape index (κ2) is 6.33. The predicted molar refractivity (Wildman–Crippen MR) is 86.8 cm³/mol. The first-order valence-corrected chi connectivity index (χ1v) is 8.09. The van der Waals surface area contributed by atoms with E-state index in [-0.39, 0.29) is 18.4 Å². The Bertz CT molecular complexity index is 746. The Morgan fingerprint density at radius 3 is 2.91 bits per heavy atom. The van der Waals surface area contributed by atoms with E-state index >= 15 is 0 Å². The van der Waals surface area contributed by atoms with E-state index in [1.54, 1.807) is 25.1 Å². The lowest BCUT2D eigenvalue weighted by Crippen LogP contribution is -2.47. The van der Waals surface area contributed by atoms with Gasteiger partial charge in [-0.1, -0.05) is 30.4 Å². The summed E-state index contributed by atoms with van der Waals surface area (Å²) in [5, 5.41) is 11.8. The summed E-state index contributed by atoms with van der Waals surface area (Å²) in [7, 11) is 0. The number of aryl methyl sites for hydroxylation is 1. The molecule has 2 heterocycles. The van der Waals surface area contributed by atoms with Gasteiger partial charge in [0, 0.05) is 0 Å². The smallest absolute Gasteiger partial charge is 0.268 e. The maximum Gasteiger partial charge on any atom is 0.268 e. The summed E-state index contributed by atoms with van der Waals surface area (Å²) in [5.41, 5.74) is 0.595. The molecule has 1 aliphatic rings. The lowest BCUT2D eigenvalue weighted by atomic mass is 10.2. The van der Waals surface area contributed by atoms with Gasteiger partial charge in [0.1, 0.15) is 17.3 Å². The van der Waals surface area contributed by atoms with Crippen LogP contribution < -0.4 is 15.0 Å². The molecule has 0 radical (unpaired) electrons. The summed E-state index contributed by atoms with van der Waals surface area (Å²) in [6.45, 7) is 3.54. The van der Waals surface area contributed by atoms with Crippen LogP contribution in [0.1, 0.15) is 18.9 Å². The standard InChI is InChI=1S/C15H16N4O3S/c1-3-13-17-18-15(23-13)16-12(20)8-19-10-6-4-5-7-11(10)22-9(2)14(19)21/h4-7,9H,3,8H2,1-2H3,(H,16,18,20)/t9-/m1/s1. The molecule has 3 rings (SSSR count). The molecule has 1 aromatic heterocycles. The minimum absolute atomic E-state index is 0.0927. The van der Waals surface area contributed by atoms with Crippen LogP contribution in [0.15, 0.2) is 24.3 Å². The minimum Gasteiger partial charge on any atom is -0.479 e. The van der Waals surface area contributed by atoms with Gasteiger partial charge in [-0.25, -0.2) is 0 Å². The molecule has 23 heavy (non-hydrogen) atoms. The lowest BCUT2D eigenvalue weighted by molar-refractivity contribution is -0.127. The number of fused-ring (bicyclic) bond motifs is 1. The highest BCUT2D eigenvalue weighted by Gasteiger charge is 2.32. The molecule has 1 aromatic carbocycles. The van der Waals surface area contributed by atoms with Gasteiger partial charge in [-0.3, -0.25) is 19.8 Å². The molecule has 1 N–H and O–H groups in total. The Morgan fingerprint density at radius 2 is 2.17 bits per heavy atom. The molecule has 7 nitrogen and oxygen atoms in total. The fourth-order valence-corrected chi connectivity index (χ4v) is 2.97. The van der Waals surface area contributed by atoms with Gasteiger partial charge in [0.05, 0.1) is 5.69 Å². The molecule has 120 valence electrons. The Labute approximate surface area is 137 Å². The molecule has 0 saturated heterocycles. The fraction of sp³-hybridized carbons (Fsp3) is 0.333. The van der Waals surface area contributed by atoms with Crippen LogP contribution in [0, 0.1) is 0 Å². The zero-order chi connectivity index (χ0) is 16.4. The summed E-state index contributed by atoms with van der Waals surface area (Å²) >= 11 is 1.33. The second-order valence-electron chi connectivity index (χ2n) is 5.05. The highest BCUT2D eigenvalue weighted by Crippen LogP contribution is 2.33. The summed E-state index contributed by atoms with van der Waals surface area (Å²) in [5.74, 6) is 0.0306. The minimum atomic E-state index is -0.620. The number of carbonyl (C=O) groups excluding carboxylic acids is 2. The van der Waals surface area contributed by atoms with Gasteiger partial charge in [0.25, 0.3) is 5.91 Å². The molecule has 2 aromatic rings. The maximum absolute atomic E-state index is 12.3. The van der Waals surface area contributed by atoms with Crippen molar-refractivity contribution < 1.29 is 14.3 Å². The van der Waals surface area contributed by atoms with Gasteiger partial charge in [0.15, 0.2) is 6.10 Å². The van der Waals surface area contributed by atoms with Crippen molar-refractivity contribution in [3.8, 4) is 5.75 Å². The molecule has 0 saturated carbocycles. The molecule has 0 fully saturated rings. The van der Waals surface area contributed by atoms with Gasteiger partial charge in [-0.15, -0.1) is 10.2 Å². The normalized spacial score (nSPS) is 16.7. The third-order valence-electron chi connectivity index (χ3n) is 3.39. The summed E-state index contributed by atoms with van der Waals surface area (Å²) in [6.07, 6.45) is 0.145. The van der Waals surface area contributed by atoms with Crippen LogP contribution in [0.2, 0.25) is 0 Å². The highest BCUT2D eigenvalue weighted by molar-refractivity contribution is 7.15. The molecule has 1 atom stereocenters. The SMILES string of the molecule is CCc1nnc(NC(=O)CN2C(=O)[C@@H](C)Oc3ccccc32)s1. The number of hydrogen-bond donors (Lipinski definition) is 1. The molecule has 0 bridgehead atoms. The first kappa shape index (κ1) is 15.4. The maximum atomic E-state index is 12.3. The molecular weight excluding hydrogens is 316 g/mol. The number of amides is 2. The Hall–Kier alpha value is -2.48. The van der Waals surface area contributed by atoms with Gasteiger partial charge >= 0.3 is 0 Å². The average Bonchev–Trinajstić information content (AvgIpc) is 2.99. The summed E-state index contributed by atoms with van der Waals surface area (Å²) in [4.78, 5) is 26.0. The summed E-state index contributed by atoms with van der Waals surface area (Å²) < 4.78 is 5.55. The summed E-state index contributed by atoms with van der Waals surface area (Å²) in [6, 6.07) is 7.16. The number of nitrogens with one attached hydrogen (secondary N) is 1. The first-order valence-electron chi connectivity index (χ1n) is 7.27. The van der Waals surface area contributed by atoms with Crippen LogP contribution in [-0.4, -0.2) is 34.7 Å². The van der Waals surface area contributed by atoms with Crippen molar-refractivity contribution in [2.75, 3.05) is 16.8 Å². The number of benzene rings is 1. The van der Waals surface area contributed by atoms with Gasteiger partial charge in [-0.2, -0.15) is 0 Å². The third-order valence-corrected chi connectivity index (χ3v) is 4.37. The highest BCUT2D eigenvalue weighted by atomic mass is 32.1. The fourth-order valence-electron chi connectivity index (χ4n) is 2.27. The average molecular weight is 332 g/mol. The van der Waals surface area contributed by atoms with E-state index < -0.39 is 6.10 Å². The monoisotopic (exact) mass is 332 g/mol. The zero-order valence-corrected chi connectivity index (χ0v) is 13.6. The number of nitrogens with zero attached hydrogens (tertiary/aromatic N) is 3. The van der Waals surface area contributed by atoms with Gasteiger partial charge in [0.2, 0.25) is 11.0 Å². The molecule has 0 unspecified atom stereocenters. The van der Waals surface area contributed by atoms with Gasteiger partial charge < -0.3 is 4.74 Å². The van der Waals surface area contributed by atoms with Crippen molar-refractivity contribution in [3.63, 3.8) is 0 Å². The van der Waals surface area contributed by atoms with E-state index in [1.165, 1.54) is 16.2 Å². The molecule has 8 heteroatoms. The van der Waals surface area contributed by atoms with E-state index in [4.69, 9.17) is 4.74 Å². The molecule has 0 spiro atoms. The van der Waals surface area contributed by atoms with Crippen LogP contribution in [0.25, 0.3) is 0 Å². The first-order chi connectivity index (χ1) is 11.1. The van der Waals surface area contributed by atoms with Crippen molar-refractivity contribution in [2.45, 2.75) is 26.4 Å². The van der Waals surface area contributed by atoms with Crippen LogP contribution in [0.3, 0.4) is 0 Å². The molecular formula is C15H16N4O3S. The number of rotatable bonds is 4. The van der Waals surface area contributed by atoms with E-state index in [9.17, 15) is 9.59 Å². The number of anilines is 2. The lowest BCUT2D eigenvalue weighted by Gasteiger charge is -2.32. The quantitative estimate of drug-likeness (QED) is 0.924. The molecule has 0 aliphatic carbocycles. The van der Waals surface area contributed by atoms with E-state index in [0.717, 1.165) is 11.4 Å². The third kappa shape index (κ3) is 3.16.